The maximum Gasteiger partial charge on any atom is 0.255 e. The highest BCUT2D eigenvalue weighted by atomic mass is 35.5. The molecule has 1 aromatic carbocycles. The number of nitrogens with two attached hydrogens (primary N) is 1. The molecule has 0 radical (unpaired) electrons. The van der Waals surface area contributed by atoms with Crippen molar-refractivity contribution in [2.75, 3.05) is 19.5 Å². The quantitative estimate of drug-likeness (QED) is 0.577. The number of amidine groups is 1. The average molecular weight is 357 g/mol. The number of carbonyl (C=O) groups is 2. The van der Waals surface area contributed by atoms with Gasteiger partial charge in [-0.3, -0.25) is 9.59 Å². The maximum absolute atomic E-state index is 11.0. The van der Waals surface area contributed by atoms with E-state index in [1.165, 1.54) is 25.1 Å². The number of nitrogens with one attached hydrogen (secondary N) is 1. The molecule has 3 N–H and O–H groups in total. The molecule has 8 nitrogen and oxygen atoms in total. The molecule has 0 atom stereocenters. The molecule has 0 unspecified atom stereocenters. The second-order valence-electron chi connectivity index (χ2n) is 4.28. The number of hydrogen-bond donors (Lipinski definition) is 2. The van der Waals surface area contributed by atoms with Gasteiger partial charge in [0.15, 0.2) is 23.3 Å². The zero-order valence-corrected chi connectivity index (χ0v) is 13.6. The monoisotopic (exact) mass is 356 g/mol. The molecule has 1 aliphatic heterocycles. The molecule has 23 heavy (non-hydrogen) atoms. The summed E-state index contributed by atoms with van der Waals surface area (Å²) < 4.78 is 10.4. The normalized spacial score (nSPS) is 15.9. The SMILES string of the molecule is COc1cc(C=NN=C2NC(=O)CS2)cc(Cl)c1OCC(N)=O. The lowest BCUT2D eigenvalue weighted by atomic mass is 10.2. The van der Waals surface area contributed by atoms with Gasteiger partial charge in [0.05, 0.1) is 24.1 Å². The van der Waals surface area contributed by atoms with E-state index in [4.69, 9.17) is 26.8 Å². The second-order valence-corrected chi connectivity index (χ2v) is 5.65. The van der Waals surface area contributed by atoms with Gasteiger partial charge in [-0.05, 0) is 12.1 Å². The van der Waals surface area contributed by atoms with Crippen LogP contribution in [0.25, 0.3) is 0 Å². The van der Waals surface area contributed by atoms with Crippen LogP contribution >= 0.6 is 23.4 Å². The summed E-state index contributed by atoms with van der Waals surface area (Å²) in [5.74, 6) is 0.150. The van der Waals surface area contributed by atoms with Crippen molar-refractivity contribution < 1.29 is 19.1 Å². The minimum atomic E-state index is -0.624. The largest absolute Gasteiger partial charge is 0.493 e. The molecule has 0 aliphatic carbocycles. The van der Waals surface area contributed by atoms with Crippen molar-refractivity contribution in [3.05, 3.63) is 22.7 Å². The number of nitrogens with zero attached hydrogens (tertiary/aromatic N) is 2. The Morgan fingerprint density at radius 3 is 2.96 bits per heavy atom. The van der Waals surface area contributed by atoms with E-state index in [2.05, 4.69) is 15.5 Å². The molecular formula is C13H13ClN4O4S. The smallest absolute Gasteiger partial charge is 0.255 e. The number of halogens is 1. The van der Waals surface area contributed by atoms with Crippen molar-refractivity contribution in [3.63, 3.8) is 0 Å². The van der Waals surface area contributed by atoms with E-state index >= 15 is 0 Å². The number of carbonyl (C=O) groups excluding carboxylic acids is 2. The van der Waals surface area contributed by atoms with Gasteiger partial charge in [0.1, 0.15) is 0 Å². The number of thioether (sulfide) groups is 1. The number of ether oxygens (including phenoxy) is 2. The zero-order chi connectivity index (χ0) is 16.8. The summed E-state index contributed by atoms with van der Waals surface area (Å²) in [5, 5.41) is 11.0. The van der Waals surface area contributed by atoms with E-state index in [1.807, 2.05) is 0 Å². The maximum atomic E-state index is 11.0. The van der Waals surface area contributed by atoms with Gasteiger partial charge in [0.25, 0.3) is 5.91 Å². The first kappa shape index (κ1) is 17.1. The van der Waals surface area contributed by atoms with E-state index in [9.17, 15) is 9.59 Å². The van der Waals surface area contributed by atoms with Gasteiger partial charge in [0.2, 0.25) is 5.91 Å². The number of benzene rings is 1. The summed E-state index contributed by atoms with van der Waals surface area (Å²) in [5.41, 5.74) is 5.64. The third-order valence-electron chi connectivity index (χ3n) is 2.55. The summed E-state index contributed by atoms with van der Waals surface area (Å²) in [4.78, 5) is 21.8. The Bertz CT molecular complexity index is 693. The number of amides is 2. The lowest BCUT2D eigenvalue weighted by Crippen LogP contribution is -2.20. The minimum absolute atomic E-state index is 0.107. The Kier molecular flexibility index (Phi) is 5.83. The summed E-state index contributed by atoms with van der Waals surface area (Å²) in [6.45, 7) is -0.311. The van der Waals surface area contributed by atoms with Gasteiger partial charge in [-0.1, -0.05) is 23.4 Å². The zero-order valence-electron chi connectivity index (χ0n) is 12.0. The molecule has 0 aromatic heterocycles. The highest BCUT2D eigenvalue weighted by molar-refractivity contribution is 8.15. The van der Waals surface area contributed by atoms with Crippen LogP contribution in [0, 0.1) is 0 Å². The molecule has 1 aromatic rings. The van der Waals surface area contributed by atoms with Crippen molar-refractivity contribution in [2.24, 2.45) is 15.9 Å². The van der Waals surface area contributed by atoms with Crippen molar-refractivity contribution >= 4 is 46.6 Å². The van der Waals surface area contributed by atoms with Gasteiger partial charge < -0.3 is 20.5 Å². The molecule has 0 spiro atoms. The van der Waals surface area contributed by atoms with E-state index < -0.39 is 5.91 Å². The van der Waals surface area contributed by atoms with Crippen LogP contribution in [0.2, 0.25) is 5.02 Å². The van der Waals surface area contributed by atoms with Crippen LogP contribution in [0.4, 0.5) is 0 Å². The number of methoxy groups -OCH3 is 1. The third kappa shape index (κ3) is 4.86. The molecule has 0 bridgehead atoms. The first-order valence-electron chi connectivity index (χ1n) is 6.32. The number of primary amides is 1. The predicted molar refractivity (Wildman–Crippen MR) is 88.3 cm³/mol. The van der Waals surface area contributed by atoms with E-state index in [0.29, 0.717) is 22.2 Å². The standard InChI is InChI=1S/C13H13ClN4O4S/c1-21-9-3-7(2-8(14)12(9)22-5-10(15)19)4-16-18-13-17-11(20)6-23-13/h2-4H,5-6H2,1H3,(H2,15,19)(H,17,18,20). The summed E-state index contributed by atoms with van der Waals surface area (Å²) in [7, 11) is 1.44. The summed E-state index contributed by atoms with van der Waals surface area (Å²) in [6, 6.07) is 3.19. The van der Waals surface area contributed by atoms with Crippen molar-refractivity contribution in [3.8, 4) is 11.5 Å². The fourth-order valence-electron chi connectivity index (χ4n) is 1.62. The highest BCUT2D eigenvalue weighted by Gasteiger charge is 2.16. The topological polar surface area (TPSA) is 115 Å². The fraction of sp³-hybridized carbons (Fsp3) is 0.231. The second kappa shape index (κ2) is 7.84. The van der Waals surface area contributed by atoms with Gasteiger partial charge in [-0.25, -0.2) is 0 Å². The molecule has 2 rings (SSSR count). The Labute approximate surface area is 141 Å². The first-order valence-corrected chi connectivity index (χ1v) is 7.68. The molecule has 10 heteroatoms. The van der Waals surface area contributed by atoms with Crippen LogP contribution in [0.1, 0.15) is 5.56 Å². The van der Waals surface area contributed by atoms with Crippen molar-refractivity contribution in [1.29, 1.82) is 0 Å². The average Bonchev–Trinajstić information content (AvgIpc) is 2.91. The molecular weight excluding hydrogens is 344 g/mol. The highest BCUT2D eigenvalue weighted by Crippen LogP contribution is 2.36. The predicted octanol–water partition coefficient (Wildman–Crippen LogP) is 0.766. The van der Waals surface area contributed by atoms with Crippen LogP contribution in [-0.4, -0.2) is 42.7 Å². The van der Waals surface area contributed by atoms with Crippen LogP contribution in [-0.2, 0) is 9.59 Å². The minimum Gasteiger partial charge on any atom is -0.493 e. The Morgan fingerprint density at radius 2 is 2.35 bits per heavy atom. The van der Waals surface area contributed by atoms with Gasteiger partial charge in [-0.2, -0.15) is 5.10 Å². The lowest BCUT2D eigenvalue weighted by molar-refractivity contribution is -0.120. The Balaban J connectivity index is 2.15. The Hall–Kier alpha value is -2.26. The number of rotatable bonds is 6. The lowest BCUT2D eigenvalue weighted by Gasteiger charge is -2.11. The van der Waals surface area contributed by atoms with Crippen molar-refractivity contribution in [2.45, 2.75) is 0 Å². The third-order valence-corrected chi connectivity index (χ3v) is 3.70. The molecule has 1 heterocycles. The van der Waals surface area contributed by atoms with Crippen LogP contribution in [0.5, 0.6) is 11.5 Å². The fourth-order valence-corrected chi connectivity index (χ4v) is 2.53. The van der Waals surface area contributed by atoms with E-state index in [0.717, 1.165) is 0 Å². The van der Waals surface area contributed by atoms with Crippen LogP contribution in [0.15, 0.2) is 22.3 Å². The van der Waals surface area contributed by atoms with E-state index in [1.54, 1.807) is 12.1 Å². The van der Waals surface area contributed by atoms with Gasteiger partial charge in [-0.15, -0.1) is 5.10 Å². The summed E-state index contributed by atoms with van der Waals surface area (Å²) in [6.07, 6.45) is 1.45. The first-order chi connectivity index (χ1) is 11.0. The molecule has 2 amide bonds. The van der Waals surface area contributed by atoms with Crippen LogP contribution < -0.4 is 20.5 Å². The number of hydrogen-bond acceptors (Lipinski definition) is 7. The molecule has 0 saturated carbocycles. The van der Waals surface area contributed by atoms with Crippen LogP contribution in [0.3, 0.4) is 0 Å². The Morgan fingerprint density at radius 1 is 1.57 bits per heavy atom. The molecule has 1 saturated heterocycles. The molecule has 122 valence electrons. The summed E-state index contributed by atoms with van der Waals surface area (Å²) >= 11 is 7.38. The molecule has 1 fully saturated rings. The van der Waals surface area contributed by atoms with Crippen molar-refractivity contribution in [1.82, 2.24) is 5.32 Å². The van der Waals surface area contributed by atoms with Gasteiger partial charge in [0, 0.05) is 5.56 Å². The van der Waals surface area contributed by atoms with E-state index in [-0.39, 0.29) is 23.3 Å². The van der Waals surface area contributed by atoms with Gasteiger partial charge >= 0.3 is 0 Å². The molecule has 1 aliphatic rings.